The highest BCUT2D eigenvalue weighted by atomic mass is 16.1. The highest BCUT2D eigenvalue weighted by Gasteiger charge is 2.32. The standard InChI is InChI=1S/C24H22N2O/c1-3-26-23(21-10-4-18(2)5-11-21)17-25-15-14-20(16-24(25)26)7-6-19-8-12-22(27)13-9-19/h4-17H,3H2,1-2H3/p+1. The second kappa shape index (κ2) is 7.22. The predicted octanol–water partition coefficient (Wildman–Crippen LogP) is 3.43. The molecule has 0 saturated heterocycles. The molecule has 1 unspecified atom stereocenters. The van der Waals surface area contributed by atoms with E-state index < -0.39 is 0 Å². The predicted molar refractivity (Wildman–Crippen MR) is 109 cm³/mol. The zero-order valence-corrected chi connectivity index (χ0v) is 15.6. The lowest BCUT2D eigenvalue weighted by molar-refractivity contribution is -0.748. The van der Waals surface area contributed by atoms with Crippen molar-refractivity contribution < 1.29 is 9.69 Å². The van der Waals surface area contributed by atoms with Gasteiger partial charge in [0.2, 0.25) is 5.82 Å². The first-order chi connectivity index (χ1) is 13.1. The number of hydrogen-bond acceptors (Lipinski definition) is 2. The van der Waals surface area contributed by atoms with Crippen LogP contribution in [-0.2, 0) is 4.79 Å². The number of carbonyl (C=O) groups excluding carboxylic acids is 1. The van der Waals surface area contributed by atoms with Crippen LogP contribution in [0.3, 0.4) is 0 Å². The quantitative estimate of drug-likeness (QED) is 0.898. The lowest BCUT2D eigenvalue weighted by Gasteiger charge is -2.21. The summed E-state index contributed by atoms with van der Waals surface area (Å²) in [6, 6.07) is 8.70. The normalized spacial score (nSPS) is 22.2. The fraction of sp³-hybridized carbons (Fsp3) is 0.125. The van der Waals surface area contributed by atoms with Gasteiger partial charge in [-0.1, -0.05) is 54.1 Å². The second-order valence-corrected chi connectivity index (χ2v) is 6.86. The minimum atomic E-state index is 0.0398. The van der Waals surface area contributed by atoms with Gasteiger partial charge in [-0.05, 0) is 43.2 Å². The minimum Gasteiger partial charge on any atom is -0.292 e. The first-order valence-electron chi connectivity index (χ1n) is 9.29. The van der Waals surface area contributed by atoms with Crippen LogP contribution < -0.4 is 4.90 Å². The Bertz CT molecular complexity index is 964. The van der Waals surface area contributed by atoms with Crippen molar-refractivity contribution in [2.45, 2.75) is 13.8 Å². The number of aryl methyl sites for hydroxylation is 1. The van der Waals surface area contributed by atoms with Crippen molar-refractivity contribution >= 4 is 11.5 Å². The smallest absolute Gasteiger partial charge is 0.216 e. The maximum atomic E-state index is 11.2. The van der Waals surface area contributed by atoms with E-state index in [4.69, 9.17) is 0 Å². The van der Waals surface area contributed by atoms with Gasteiger partial charge in [0, 0.05) is 18.2 Å². The third-order valence-electron chi connectivity index (χ3n) is 4.94. The summed E-state index contributed by atoms with van der Waals surface area (Å²) in [6.45, 7) is 5.22. The molecule has 134 valence electrons. The molecule has 0 fully saturated rings. The molecule has 3 nitrogen and oxygen atoms in total. The molecular weight excluding hydrogens is 332 g/mol. The minimum absolute atomic E-state index is 0.0398. The summed E-state index contributed by atoms with van der Waals surface area (Å²) in [5.74, 6) is 1.28. The molecule has 2 aliphatic heterocycles. The molecule has 27 heavy (non-hydrogen) atoms. The molecule has 0 saturated carbocycles. The van der Waals surface area contributed by atoms with Gasteiger partial charge in [-0.15, -0.1) is 0 Å². The van der Waals surface area contributed by atoms with Crippen LogP contribution in [0.4, 0.5) is 0 Å². The third kappa shape index (κ3) is 3.55. The number of nitrogens with zero attached hydrogens (tertiary/aromatic N) is 1. The van der Waals surface area contributed by atoms with Gasteiger partial charge in [0.25, 0.3) is 0 Å². The van der Waals surface area contributed by atoms with E-state index in [1.165, 1.54) is 27.5 Å². The summed E-state index contributed by atoms with van der Waals surface area (Å²) < 4.78 is 0. The van der Waals surface area contributed by atoms with Gasteiger partial charge in [-0.2, -0.15) is 0 Å². The Morgan fingerprint density at radius 2 is 1.67 bits per heavy atom. The van der Waals surface area contributed by atoms with Crippen LogP contribution in [0.25, 0.3) is 5.70 Å². The van der Waals surface area contributed by atoms with E-state index in [2.05, 4.69) is 73.6 Å². The molecule has 1 aromatic rings. The Hall–Kier alpha value is -3.17. The van der Waals surface area contributed by atoms with Gasteiger partial charge >= 0.3 is 0 Å². The average Bonchev–Trinajstić information content (AvgIpc) is 3.06. The molecule has 0 amide bonds. The molecule has 3 heteroatoms. The maximum absolute atomic E-state index is 11.2. The van der Waals surface area contributed by atoms with Gasteiger partial charge in [0.15, 0.2) is 5.78 Å². The Kier molecular flexibility index (Phi) is 4.61. The monoisotopic (exact) mass is 355 g/mol. The van der Waals surface area contributed by atoms with E-state index >= 15 is 0 Å². The highest BCUT2D eigenvalue weighted by Crippen LogP contribution is 2.26. The molecular formula is C24H23N2O+. The van der Waals surface area contributed by atoms with Crippen LogP contribution in [0.15, 0.2) is 102 Å². The van der Waals surface area contributed by atoms with Gasteiger partial charge in [-0.3, -0.25) is 9.69 Å². The largest absolute Gasteiger partial charge is 0.292 e. The Balaban J connectivity index is 1.61. The molecule has 4 rings (SSSR count). The van der Waals surface area contributed by atoms with Gasteiger partial charge in [0.05, 0.1) is 0 Å². The van der Waals surface area contributed by atoms with E-state index in [0.29, 0.717) is 0 Å². The summed E-state index contributed by atoms with van der Waals surface area (Å²) in [5.41, 5.74) is 5.95. The fourth-order valence-corrected chi connectivity index (χ4v) is 3.45. The molecule has 2 heterocycles. The molecule has 0 bridgehead atoms. The molecule has 1 aromatic carbocycles. The summed E-state index contributed by atoms with van der Waals surface area (Å²) >= 11 is 0. The zero-order chi connectivity index (χ0) is 18.8. The summed E-state index contributed by atoms with van der Waals surface area (Å²) in [4.78, 5) is 14.8. The molecule has 1 N–H and O–H groups in total. The summed E-state index contributed by atoms with van der Waals surface area (Å²) in [7, 11) is 0. The second-order valence-electron chi connectivity index (χ2n) is 6.86. The number of rotatable bonds is 3. The van der Waals surface area contributed by atoms with Crippen molar-refractivity contribution in [2.75, 3.05) is 6.54 Å². The van der Waals surface area contributed by atoms with E-state index in [1.54, 1.807) is 12.2 Å². The zero-order valence-electron chi connectivity index (χ0n) is 15.6. The first kappa shape index (κ1) is 17.3. The molecule has 1 aliphatic carbocycles. The SMILES string of the molecule is CCN1C(c2ccc(C)cc2)=C[NH+]2C=CC(=CC=C3C=CC(=O)C=C3)C=C12. The topological polar surface area (TPSA) is 24.8 Å². The number of nitrogens with one attached hydrogen (secondary N) is 1. The van der Waals surface area contributed by atoms with Crippen LogP contribution >= 0.6 is 0 Å². The molecule has 3 aliphatic rings. The van der Waals surface area contributed by atoms with Crippen molar-refractivity contribution in [3.63, 3.8) is 0 Å². The first-order valence-corrected chi connectivity index (χ1v) is 9.29. The maximum Gasteiger partial charge on any atom is 0.216 e. The Labute approximate surface area is 160 Å². The number of hydrogen-bond donors (Lipinski definition) is 1. The average molecular weight is 355 g/mol. The molecule has 0 radical (unpaired) electrons. The number of quaternary nitrogens is 1. The van der Waals surface area contributed by atoms with Crippen molar-refractivity contribution in [1.29, 1.82) is 0 Å². The van der Waals surface area contributed by atoms with Crippen molar-refractivity contribution in [1.82, 2.24) is 4.90 Å². The fourth-order valence-electron chi connectivity index (χ4n) is 3.45. The number of allylic oxidation sites excluding steroid dienone is 10. The number of carbonyl (C=O) groups is 1. The van der Waals surface area contributed by atoms with Gasteiger partial charge in [0.1, 0.15) is 18.1 Å². The lowest BCUT2D eigenvalue weighted by atomic mass is 10.1. The number of fused-ring (bicyclic) bond motifs is 1. The van der Waals surface area contributed by atoms with Crippen LogP contribution in [0.1, 0.15) is 18.1 Å². The Morgan fingerprint density at radius 3 is 2.37 bits per heavy atom. The van der Waals surface area contributed by atoms with E-state index in [-0.39, 0.29) is 5.78 Å². The van der Waals surface area contributed by atoms with Gasteiger partial charge < -0.3 is 0 Å². The van der Waals surface area contributed by atoms with Crippen LogP contribution in [-0.4, -0.2) is 17.2 Å². The lowest BCUT2D eigenvalue weighted by Crippen LogP contribution is -3.00. The van der Waals surface area contributed by atoms with Crippen LogP contribution in [0.2, 0.25) is 0 Å². The summed E-state index contributed by atoms with van der Waals surface area (Å²) in [5, 5.41) is 0. The molecule has 1 atom stereocenters. The van der Waals surface area contributed by atoms with Gasteiger partial charge in [-0.25, -0.2) is 4.90 Å². The van der Waals surface area contributed by atoms with E-state index in [0.717, 1.165) is 17.7 Å². The summed E-state index contributed by atoms with van der Waals surface area (Å²) in [6.07, 6.45) is 19.8. The Morgan fingerprint density at radius 1 is 0.963 bits per heavy atom. The number of benzene rings is 1. The van der Waals surface area contributed by atoms with Crippen molar-refractivity contribution in [3.8, 4) is 0 Å². The van der Waals surface area contributed by atoms with Crippen LogP contribution in [0.5, 0.6) is 0 Å². The van der Waals surface area contributed by atoms with Crippen LogP contribution in [0, 0.1) is 6.92 Å². The molecule has 0 spiro atoms. The highest BCUT2D eigenvalue weighted by molar-refractivity contribution is 6.01. The van der Waals surface area contributed by atoms with E-state index in [9.17, 15) is 4.79 Å². The van der Waals surface area contributed by atoms with Crippen molar-refractivity contribution in [3.05, 3.63) is 113 Å². The number of ketones is 1. The van der Waals surface area contributed by atoms with E-state index in [1.807, 2.05) is 18.2 Å². The van der Waals surface area contributed by atoms with Crippen molar-refractivity contribution in [2.24, 2.45) is 0 Å². The third-order valence-corrected chi connectivity index (χ3v) is 4.94. The molecule has 0 aromatic heterocycles.